The fourth-order valence-corrected chi connectivity index (χ4v) is 5.97. The Labute approximate surface area is 262 Å². The predicted molar refractivity (Wildman–Crippen MR) is 178 cm³/mol. The first-order valence-corrected chi connectivity index (χ1v) is 15.5. The summed E-state index contributed by atoms with van der Waals surface area (Å²) in [6.45, 7) is 8.53. The van der Waals surface area contributed by atoms with E-state index in [1.165, 1.54) is 11.6 Å². The number of methoxy groups -OCH3 is 1. The van der Waals surface area contributed by atoms with Gasteiger partial charge < -0.3 is 14.5 Å². The van der Waals surface area contributed by atoms with E-state index in [0.717, 1.165) is 58.1 Å². The number of amides is 1. The molecule has 0 unspecified atom stereocenters. The van der Waals surface area contributed by atoms with Gasteiger partial charge in [-0.3, -0.25) is 4.79 Å². The summed E-state index contributed by atoms with van der Waals surface area (Å²) >= 11 is 3.55. The number of halogens is 2. The zero-order valence-electron chi connectivity index (χ0n) is 25.5. The van der Waals surface area contributed by atoms with Gasteiger partial charge >= 0.3 is 0 Å². The van der Waals surface area contributed by atoms with E-state index in [9.17, 15) is 9.18 Å². The largest absolute Gasteiger partial charge is 0.381 e. The van der Waals surface area contributed by atoms with Crippen molar-refractivity contribution in [2.45, 2.75) is 51.7 Å². The number of aromatic nitrogens is 1. The van der Waals surface area contributed by atoms with Gasteiger partial charge in [0.05, 0.1) is 22.9 Å². The lowest BCUT2D eigenvalue weighted by Gasteiger charge is -2.34. The summed E-state index contributed by atoms with van der Waals surface area (Å²) < 4.78 is 20.9. The molecule has 1 saturated heterocycles. The average Bonchev–Trinajstić information content (AvgIpc) is 2.99. The van der Waals surface area contributed by atoms with Crippen molar-refractivity contribution >= 4 is 50.6 Å². The second-order valence-electron chi connectivity index (χ2n) is 12.3. The summed E-state index contributed by atoms with van der Waals surface area (Å²) in [4.78, 5) is 22.8. The molecule has 43 heavy (non-hydrogen) atoms. The summed E-state index contributed by atoms with van der Waals surface area (Å²) in [7, 11) is 3.52. The number of hydrogen-bond donors (Lipinski definition) is 0. The minimum atomic E-state index is -0.312. The number of pyridine rings is 1. The Balaban J connectivity index is 1.43. The highest BCUT2D eigenvalue weighted by Crippen LogP contribution is 2.29. The lowest BCUT2D eigenvalue weighted by atomic mass is 9.87. The molecule has 0 atom stereocenters. The van der Waals surface area contributed by atoms with Crippen molar-refractivity contribution in [3.05, 3.63) is 105 Å². The first-order valence-electron chi connectivity index (χ1n) is 14.7. The monoisotopic (exact) mass is 643 g/mol. The molecular formula is C36H39BrFN3O2. The van der Waals surface area contributed by atoms with Crippen molar-refractivity contribution in [2.24, 2.45) is 0 Å². The summed E-state index contributed by atoms with van der Waals surface area (Å²) in [6, 6.07) is 21.0. The number of fused-ring (bicyclic) bond motifs is 1. The third-order valence-corrected chi connectivity index (χ3v) is 8.65. The van der Waals surface area contributed by atoms with Gasteiger partial charge in [-0.25, -0.2) is 9.37 Å². The lowest BCUT2D eigenvalue weighted by molar-refractivity contribution is 0.0786. The van der Waals surface area contributed by atoms with Crippen LogP contribution in [-0.4, -0.2) is 49.1 Å². The minimum absolute atomic E-state index is 0.0881. The van der Waals surface area contributed by atoms with Crippen molar-refractivity contribution in [1.29, 1.82) is 0 Å². The quantitative estimate of drug-likeness (QED) is 0.203. The molecule has 4 aromatic rings. The number of benzene rings is 3. The zero-order chi connectivity index (χ0) is 30.7. The third-order valence-electron chi connectivity index (χ3n) is 8.16. The van der Waals surface area contributed by atoms with Gasteiger partial charge in [0.2, 0.25) is 0 Å². The molecule has 1 fully saturated rings. The van der Waals surface area contributed by atoms with Crippen molar-refractivity contribution in [1.82, 2.24) is 9.88 Å². The van der Waals surface area contributed by atoms with Crippen LogP contribution in [0.2, 0.25) is 0 Å². The SMILES string of the molecule is COC1CCN(c2ccc(F)cc2CN(C)C(=O)c2cc(/C=C/c3ccc(C(C)(C)C)cc3)nc3ccc(Br)cc23)CC1. The number of anilines is 1. The fraction of sp³-hybridized carbons (Fsp3) is 0.333. The predicted octanol–water partition coefficient (Wildman–Crippen LogP) is 8.49. The molecule has 1 aliphatic heterocycles. The number of piperidine rings is 1. The average molecular weight is 645 g/mol. The summed E-state index contributed by atoms with van der Waals surface area (Å²) in [5.74, 6) is -0.462. The lowest BCUT2D eigenvalue weighted by Crippen LogP contribution is -2.37. The molecule has 0 bridgehead atoms. The van der Waals surface area contributed by atoms with Crippen LogP contribution in [0.15, 0.2) is 71.2 Å². The standard InChI is InChI=1S/C36H39BrFN3O2/c1-36(2,3)26-9-6-24(7-10-26)8-13-29-22-32(31-21-27(37)11-14-33(31)39-29)35(42)40(4)23-25-20-28(38)12-15-34(25)41-18-16-30(43-5)17-19-41/h6-15,20-22,30H,16-19,23H2,1-5H3/b13-8+. The molecule has 5 nitrogen and oxygen atoms in total. The Morgan fingerprint density at radius 2 is 1.77 bits per heavy atom. The first kappa shape index (κ1) is 30.9. The number of nitrogens with zero attached hydrogens (tertiary/aromatic N) is 3. The highest BCUT2D eigenvalue weighted by Gasteiger charge is 2.23. The summed E-state index contributed by atoms with van der Waals surface area (Å²) in [5.41, 5.74) is 6.14. The first-order chi connectivity index (χ1) is 20.5. The number of ether oxygens (including phenoxy) is 1. The van der Waals surface area contributed by atoms with Crippen LogP contribution in [0.1, 0.15) is 66.4 Å². The Morgan fingerprint density at radius 3 is 2.44 bits per heavy atom. The molecule has 0 saturated carbocycles. The zero-order valence-corrected chi connectivity index (χ0v) is 27.1. The molecule has 2 heterocycles. The Hall–Kier alpha value is -3.55. The van der Waals surface area contributed by atoms with Crippen LogP contribution >= 0.6 is 15.9 Å². The van der Waals surface area contributed by atoms with Crippen LogP contribution in [0.4, 0.5) is 10.1 Å². The van der Waals surface area contributed by atoms with Crippen molar-refractivity contribution in [3.8, 4) is 0 Å². The maximum atomic E-state index is 14.5. The molecule has 1 aromatic heterocycles. The van der Waals surface area contributed by atoms with Crippen molar-refractivity contribution in [3.63, 3.8) is 0 Å². The van der Waals surface area contributed by atoms with E-state index in [1.807, 2.05) is 42.5 Å². The molecule has 3 aromatic carbocycles. The van der Waals surface area contributed by atoms with Crippen LogP contribution in [0.3, 0.4) is 0 Å². The molecular weight excluding hydrogens is 605 g/mol. The highest BCUT2D eigenvalue weighted by molar-refractivity contribution is 9.10. The van der Waals surface area contributed by atoms with E-state index in [0.29, 0.717) is 11.3 Å². The third kappa shape index (κ3) is 7.34. The molecule has 0 N–H and O–H groups in total. The number of rotatable bonds is 7. The fourth-order valence-electron chi connectivity index (χ4n) is 5.61. The number of carbonyl (C=O) groups excluding carboxylic acids is 1. The van der Waals surface area contributed by atoms with Crippen LogP contribution in [-0.2, 0) is 16.7 Å². The van der Waals surface area contributed by atoms with Crippen molar-refractivity contribution < 1.29 is 13.9 Å². The topological polar surface area (TPSA) is 45.7 Å². The molecule has 0 aliphatic carbocycles. The smallest absolute Gasteiger partial charge is 0.254 e. The van der Waals surface area contributed by atoms with Gasteiger partial charge in [0, 0.05) is 49.3 Å². The second kappa shape index (κ2) is 13.0. The van der Waals surface area contributed by atoms with E-state index < -0.39 is 0 Å². The maximum absolute atomic E-state index is 14.5. The van der Waals surface area contributed by atoms with Gasteiger partial charge in [-0.15, -0.1) is 0 Å². The molecule has 5 rings (SSSR count). The molecule has 0 radical (unpaired) electrons. The Morgan fingerprint density at radius 1 is 1.05 bits per heavy atom. The van der Waals surface area contributed by atoms with E-state index in [1.54, 1.807) is 25.1 Å². The second-order valence-corrected chi connectivity index (χ2v) is 13.2. The Kier molecular flexibility index (Phi) is 9.33. The van der Waals surface area contributed by atoms with Crippen molar-refractivity contribution in [2.75, 3.05) is 32.1 Å². The van der Waals surface area contributed by atoms with E-state index in [2.05, 4.69) is 65.9 Å². The maximum Gasteiger partial charge on any atom is 0.254 e. The summed E-state index contributed by atoms with van der Waals surface area (Å²) in [5, 5.41) is 0.763. The number of carbonyl (C=O) groups is 1. The molecule has 0 spiro atoms. The van der Waals surface area contributed by atoms with Crippen LogP contribution in [0, 0.1) is 5.82 Å². The van der Waals surface area contributed by atoms with Crippen LogP contribution in [0.5, 0.6) is 0 Å². The normalized spacial score (nSPS) is 14.5. The molecule has 1 amide bonds. The van der Waals surface area contributed by atoms with Gasteiger partial charge in [-0.2, -0.15) is 0 Å². The van der Waals surface area contributed by atoms with Crippen LogP contribution in [0.25, 0.3) is 23.1 Å². The molecule has 7 heteroatoms. The Bertz CT molecular complexity index is 1640. The van der Waals surface area contributed by atoms with Gasteiger partial charge in [-0.1, -0.05) is 67.0 Å². The minimum Gasteiger partial charge on any atom is -0.381 e. The van der Waals surface area contributed by atoms with Gasteiger partial charge in [0.15, 0.2) is 0 Å². The van der Waals surface area contributed by atoms with Gasteiger partial charge in [0.25, 0.3) is 5.91 Å². The molecule has 224 valence electrons. The van der Waals surface area contributed by atoms with E-state index in [4.69, 9.17) is 9.72 Å². The van der Waals surface area contributed by atoms with Gasteiger partial charge in [0.1, 0.15) is 5.82 Å². The number of hydrogen-bond acceptors (Lipinski definition) is 4. The van der Waals surface area contributed by atoms with Gasteiger partial charge in [-0.05, 0) is 83.5 Å². The van der Waals surface area contributed by atoms with E-state index >= 15 is 0 Å². The summed E-state index contributed by atoms with van der Waals surface area (Å²) in [6.07, 6.45) is 6.03. The van der Waals surface area contributed by atoms with E-state index in [-0.39, 0.29) is 29.8 Å². The van der Waals surface area contributed by atoms with Crippen LogP contribution < -0.4 is 4.90 Å². The highest BCUT2D eigenvalue weighted by atomic mass is 79.9. The molecule has 1 aliphatic rings.